The van der Waals surface area contributed by atoms with Gasteiger partial charge in [0.05, 0.1) is 31.3 Å². The van der Waals surface area contributed by atoms with Gasteiger partial charge >= 0.3 is 0 Å². The van der Waals surface area contributed by atoms with Crippen molar-refractivity contribution in [3.05, 3.63) is 89.1 Å². The lowest BCUT2D eigenvalue weighted by atomic mass is 9.93. The van der Waals surface area contributed by atoms with E-state index in [4.69, 9.17) is 14.7 Å². The van der Waals surface area contributed by atoms with Gasteiger partial charge in [0, 0.05) is 11.6 Å². The Morgan fingerprint density at radius 3 is 2.77 bits per heavy atom. The minimum Gasteiger partial charge on any atom is -0.493 e. The molecule has 1 amide bonds. The molecule has 2 atom stereocenters. The molecule has 3 aromatic rings. The SMILES string of the molecule is N#Cc1ccc(NC(=O)C2CC2(COc2ccc3c(c2)COC3)c2ccccc2)nc1. The van der Waals surface area contributed by atoms with Gasteiger partial charge in [-0.05, 0) is 47.4 Å². The van der Waals surface area contributed by atoms with Crippen LogP contribution in [0.2, 0.25) is 0 Å². The molecule has 2 aliphatic rings. The Morgan fingerprint density at radius 2 is 2.00 bits per heavy atom. The van der Waals surface area contributed by atoms with Crippen molar-refractivity contribution in [2.45, 2.75) is 25.0 Å². The lowest BCUT2D eigenvalue weighted by Crippen LogP contribution is -2.26. The zero-order valence-corrected chi connectivity index (χ0v) is 16.9. The maximum Gasteiger partial charge on any atom is 0.229 e. The molecule has 0 bridgehead atoms. The highest BCUT2D eigenvalue weighted by Gasteiger charge is 2.60. The zero-order valence-electron chi connectivity index (χ0n) is 16.9. The van der Waals surface area contributed by atoms with Crippen LogP contribution in [-0.2, 0) is 28.2 Å². The van der Waals surface area contributed by atoms with Gasteiger partial charge < -0.3 is 14.8 Å². The number of amides is 1. The second kappa shape index (κ2) is 7.86. The molecule has 1 saturated carbocycles. The third-order valence-electron chi connectivity index (χ3n) is 6.07. The van der Waals surface area contributed by atoms with Crippen LogP contribution in [0, 0.1) is 17.2 Å². The highest BCUT2D eigenvalue weighted by molar-refractivity contribution is 5.95. The molecule has 6 heteroatoms. The predicted molar refractivity (Wildman–Crippen MR) is 114 cm³/mol. The molecule has 1 N–H and O–H groups in total. The van der Waals surface area contributed by atoms with Crippen LogP contribution in [0.4, 0.5) is 5.82 Å². The van der Waals surface area contributed by atoms with E-state index in [0.717, 1.165) is 16.9 Å². The summed E-state index contributed by atoms with van der Waals surface area (Å²) in [4.78, 5) is 17.1. The number of nitrogens with one attached hydrogen (secondary N) is 1. The Kier molecular flexibility index (Phi) is 4.89. The van der Waals surface area contributed by atoms with Crippen LogP contribution in [0.15, 0.2) is 66.9 Å². The Labute approximate surface area is 180 Å². The van der Waals surface area contributed by atoms with Gasteiger partial charge in [-0.1, -0.05) is 36.4 Å². The summed E-state index contributed by atoms with van der Waals surface area (Å²) in [5, 5.41) is 11.8. The number of hydrogen-bond acceptors (Lipinski definition) is 5. The van der Waals surface area contributed by atoms with Crippen molar-refractivity contribution >= 4 is 11.7 Å². The number of aromatic nitrogens is 1. The predicted octanol–water partition coefficient (Wildman–Crippen LogP) is 3.96. The summed E-state index contributed by atoms with van der Waals surface area (Å²) in [5.74, 6) is 0.925. The maximum absolute atomic E-state index is 13.0. The summed E-state index contributed by atoms with van der Waals surface area (Å²) in [7, 11) is 0. The molecule has 1 aliphatic heterocycles. The van der Waals surface area contributed by atoms with Crippen molar-refractivity contribution in [3.8, 4) is 11.8 Å². The summed E-state index contributed by atoms with van der Waals surface area (Å²) >= 11 is 0. The van der Waals surface area contributed by atoms with E-state index in [9.17, 15) is 4.79 Å². The van der Waals surface area contributed by atoms with Crippen LogP contribution in [0.3, 0.4) is 0 Å². The second-order valence-electron chi connectivity index (χ2n) is 8.02. The van der Waals surface area contributed by atoms with Crippen LogP contribution in [0.1, 0.15) is 28.7 Å². The lowest BCUT2D eigenvalue weighted by molar-refractivity contribution is -0.117. The summed E-state index contributed by atoms with van der Waals surface area (Å²) in [6.45, 7) is 1.67. The fourth-order valence-corrected chi connectivity index (χ4v) is 4.18. The second-order valence-corrected chi connectivity index (χ2v) is 8.02. The molecule has 1 fully saturated rings. The third-order valence-corrected chi connectivity index (χ3v) is 6.07. The van der Waals surface area contributed by atoms with Crippen LogP contribution in [-0.4, -0.2) is 17.5 Å². The molecular formula is C25H21N3O3. The van der Waals surface area contributed by atoms with Gasteiger partial charge in [-0.2, -0.15) is 5.26 Å². The van der Waals surface area contributed by atoms with Gasteiger partial charge in [0.25, 0.3) is 0 Å². The molecule has 0 saturated heterocycles. The fraction of sp³-hybridized carbons (Fsp3) is 0.240. The first kappa shape index (κ1) is 19.3. The first-order valence-corrected chi connectivity index (χ1v) is 10.2. The standard InChI is InChI=1S/C25H21N3O3/c26-12-17-6-9-23(27-13-17)28-24(29)22-11-25(22,20-4-2-1-3-5-20)16-31-21-8-7-18-14-30-15-19(18)10-21/h1-10,13,22H,11,14-16H2,(H,27,28,29). The topological polar surface area (TPSA) is 84.2 Å². The summed E-state index contributed by atoms with van der Waals surface area (Å²) < 4.78 is 11.7. The van der Waals surface area contributed by atoms with E-state index < -0.39 is 0 Å². The number of pyridine rings is 1. The van der Waals surface area contributed by atoms with Crippen LogP contribution >= 0.6 is 0 Å². The number of nitrogens with zero attached hydrogens (tertiary/aromatic N) is 2. The number of ether oxygens (including phenoxy) is 2. The smallest absolute Gasteiger partial charge is 0.229 e. The van der Waals surface area contributed by atoms with Gasteiger partial charge in [-0.15, -0.1) is 0 Å². The van der Waals surface area contributed by atoms with E-state index in [1.165, 1.54) is 11.8 Å². The van der Waals surface area contributed by atoms with Crippen molar-refractivity contribution in [1.82, 2.24) is 4.98 Å². The largest absolute Gasteiger partial charge is 0.493 e. The Balaban J connectivity index is 1.33. The van der Waals surface area contributed by atoms with E-state index in [0.29, 0.717) is 37.6 Å². The number of benzene rings is 2. The average molecular weight is 411 g/mol. The molecule has 5 rings (SSSR count). The van der Waals surface area contributed by atoms with Gasteiger partial charge in [0.15, 0.2) is 0 Å². The zero-order chi connectivity index (χ0) is 21.3. The molecule has 1 aliphatic carbocycles. The van der Waals surface area contributed by atoms with E-state index >= 15 is 0 Å². The molecule has 0 spiro atoms. The number of fused-ring (bicyclic) bond motifs is 1. The van der Waals surface area contributed by atoms with Crippen molar-refractivity contribution in [2.24, 2.45) is 5.92 Å². The third kappa shape index (κ3) is 3.76. The highest BCUT2D eigenvalue weighted by Crippen LogP contribution is 2.55. The minimum atomic E-state index is -0.381. The molecule has 6 nitrogen and oxygen atoms in total. The van der Waals surface area contributed by atoms with Crippen molar-refractivity contribution in [3.63, 3.8) is 0 Å². The molecule has 2 heterocycles. The van der Waals surface area contributed by atoms with Crippen molar-refractivity contribution < 1.29 is 14.3 Å². The first-order valence-electron chi connectivity index (χ1n) is 10.2. The summed E-state index contributed by atoms with van der Waals surface area (Å²) in [5.41, 5.74) is 3.52. The Hall–Kier alpha value is -3.69. The number of carbonyl (C=O) groups excluding carboxylic acids is 1. The van der Waals surface area contributed by atoms with E-state index in [-0.39, 0.29) is 17.2 Å². The molecule has 0 radical (unpaired) electrons. The monoisotopic (exact) mass is 411 g/mol. The molecule has 31 heavy (non-hydrogen) atoms. The minimum absolute atomic E-state index is 0.0907. The van der Waals surface area contributed by atoms with E-state index in [1.54, 1.807) is 12.1 Å². The molecule has 2 aromatic carbocycles. The molecule has 2 unspecified atom stereocenters. The quantitative estimate of drug-likeness (QED) is 0.664. The van der Waals surface area contributed by atoms with Gasteiger partial charge in [-0.3, -0.25) is 4.79 Å². The molecule has 1 aromatic heterocycles. The molecule has 154 valence electrons. The maximum atomic E-state index is 13.0. The molecular weight excluding hydrogens is 390 g/mol. The Bertz CT molecular complexity index is 1150. The van der Waals surface area contributed by atoms with Crippen molar-refractivity contribution in [1.29, 1.82) is 5.26 Å². The summed E-state index contributed by atoms with van der Waals surface area (Å²) in [6.07, 6.45) is 2.15. The normalized spacial score (nSPS) is 21.1. The number of rotatable bonds is 6. The number of anilines is 1. The van der Waals surface area contributed by atoms with E-state index in [1.807, 2.05) is 54.6 Å². The Morgan fingerprint density at radius 1 is 1.16 bits per heavy atom. The first-order chi connectivity index (χ1) is 15.2. The number of hydrogen-bond donors (Lipinski definition) is 1. The summed E-state index contributed by atoms with van der Waals surface area (Å²) in [6, 6.07) is 21.4. The van der Waals surface area contributed by atoms with Crippen LogP contribution in [0.5, 0.6) is 5.75 Å². The van der Waals surface area contributed by atoms with Gasteiger partial charge in [-0.25, -0.2) is 4.98 Å². The highest BCUT2D eigenvalue weighted by atomic mass is 16.5. The van der Waals surface area contributed by atoms with Gasteiger partial charge in [0.1, 0.15) is 17.6 Å². The average Bonchev–Trinajstić information content (AvgIpc) is 3.38. The lowest BCUT2D eigenvalue weighted by Gasteiger charge is -2.19. The van der Waals surface area contributed by atoms with Crippen LogP contribution in [0.25, 0.3) is 0 Å². The fourth-order valence-electron chi connectivity index (χ4n) is 4.18. The number of carbonyl (C=O) groups is 1. The van der Waals surface area contributed by atoms with Crippen LogP contribution < -0.4 is 10.1 Å². The van der Waals surface area contributed by atoms with Crippen molar-refractivity contribution in [2.75, 3.05) is 11.9 Å². The number of nitriles is 1. The van der Waals surface area contributed by atoms with Gasteiger partial charge in [0.2, 0.25) is 5.91 Å². The van der Waals surface area contributed by atoms with E-state index in [2.05, 4.69) is 10.3 Å².